The lowest BCUT2D eigenvalue weighted by atomic mass is 9.40. The van der Waals surface area contributed by atoms with E-state index in [0.717, 1.165) is 5.57 Å². The van der Waals surface area contributed by atoms with E-state index < -0.39 is 30.6 Å². The summed E-state index contributed by atoms with van der Waals surface area (Å²) in [6, 6.07) is 0. The summed E-state index contributed by atoms with van der Waals surface area (Å²) in [6.45, 7) is 5.24. The van der Waals surface area contributed by atoms with Gasteiger partial charge in [-0.15, -0.1) is 0 Å². The summed E-state index contributed by atoms with van der Waals surface area (Å²) >= 11 is 0. The van der Waals surface area contributed by atoms with Gasteiger partial charge in [-0.2, -0.15) is 18.3 Å². The van der Waals surface area contributed by atoms with Crippen molar-refractivity contribution in [1.29, 1.82) is 0 Å². The zero-order valence-corrected chi connectivity index (χ0v) is 20.8. The van der Waals surface area contributed by atoms with Gasteiger partial charge < -0.3 is 14.8 Å². The van der Waals surface area contributed by atoms with Crippen LogP contribution < -0.4 is 10.7 Å². The first kappa shape index (κ1) is 26.9. The summed E-state index contributed by atoms with van der Waals surface area (Å²) in [4.78, 5) is 47.9. The summed E-state index contributed by atoms with van der Waals surface area (Å²) in [6.07, 6.45) is -0.932. The lowest BCUT2D eigenvalue weighted by molar-refractivity contribution is -0.199. The molecule has 2 N–H and O–H groups in total. The van der Waals surface area contributed by atoms with Crippen molar-refractivity contribution in [3.63, 3.8) is 0 Å². The van der Waals surface area contributed by atoms with E-state index in [1.807, 2.05) is 0 Å². The standard InChI is InChI=1S/C25H30F3N3O6/c1-11-12(2)15-7-6-14(11)17-18(15)20-19(17)21(16(33)5-4-9-37-24(35)25(26,27)28)30-31-22(20)23(34)29-8-10-36-13(3)32/h6-7,11-12,14-15,17-19,31H,4-5,8-10H2,1-3H3,(H,29,34). The number of nitrogens with zero attached hydrogens (tertiary/aromatic N) is 1. The van der Waals surface area contributed by atoms with Gasteiger partial charge >= 0.3 is 18.1 Å². The Morgan fingerprint density at radius 3 is 2.41 bits per heavy atom. The number of ether oxygens (including phenoxy) is 2. The zero-order chi connectivity index (χ0) is 27.1. The average molecular weight is 526 g/mol. The van der Waals surface area contributed by atoms with Gasteiger partial charge in [-0.1, -0.05) is 26.0 Å². The number of carbonyl (C=O) groups is 4. The van der Waals surface area contributed by atoms with Crippen molar-refractivity contribution in [1.82, 2.24) is 10.7 Å². The van der Waals surface area contributed by atoms with Crippen LogP contribution >= 0.6 is 0 Å². The number of allylic oxidation sites excluding steroid dienone is 3. The Morgan fingerprint density at radius 1 is 1.05 bits per heavy atom. The number of esters is 2. The topological polar surface area (TPSA) is 123 Å². The second-order valence-electron chi connectivity index (χ2n) is 10.0. The number of fused-ring (bicyclic) bond motifs is 2. The van der Waals surface area contributed by atoms with Crippen molar-refractivity contribution in [3.05, 3.63) is 23.4 Å². The Morgan fingerprint density at radius 2 is 1.73 bits per heavy atom. The van der Waals surface area contributed by atoms with E-state index in [1.165, 1.54) is 6.92 Å². The van der Waals surface area contributed by atoms with Crippen LogP contribution in [0.3, 0.4) is 0 Å². The SMILES string of the molecule is CC(=O)OCCNC(=O)C1=C2C(C(C(=O)CCCOC(=O)C(F)(F)F)=NN1)C1C3C=CC(C(C)C3C)C21. The molecule has 12 heteroatoms. The predicted octanol–water partition coefficient (Wildman–Crippen LogP) is 2.28. The molecule has 0 aromatic rings. The largest absolute Gasteiger partial charge is 0.490 e. The quantitative estimate of drug-likeness (QED) is 0.269. The molecule has 7 unspecified atom stereocenters. The molecule has 5 rings (SSSR count). The first-order valence-electron chi connectivity index (χ1n) is 12.4. The third-order valence-electron chi connectivity index (χ3n) is 8.04. The number of hydrogen-bond acceptors (Lipinski definition) is 8. The lowest BCUT2D eigenvalue weighted by Gasteiger charge is -2.63. The molecular weight excluding hydrogens is 495 g/mol. The van der Waals surface area contributed by atoms with Crippen LogP contribution in [0.15, 0.2) is 28.5 Å². The fourth-order valence-electron chi connectivity index (χ4n) is 6.24. The summed E-state index contributed by atoms with van der Waals surface area (Å²) in [7, 11) is 0. The maximum atomic E-state index is 13.1. The molecule has 2 saturated carbocycles. The maximum absolute atomic E-state index is 13.1. The Bertz CT molecular complexity index is 1080. The number of hydrogen-bond donors (Lipinski definition) is 2. The van der Waals surface area contributed by atoms with E-state index >= 15 is 0 Å². The molecule has 202 valence electrons. The van der Waals surface area contributed by atoms with E-state index in [0.29, 0.717) is 11.8 Å². The fourth-order valence-corrected chi connectivity index (χ4v) is 6.24. The van der Waals surface area contributed by atoms with Gasteiger partial charge in [0, 0.05) is 19.3 Å². The van der Waals surface area contributed by atoms with Crippen molar-refractivity contribution in [2.45, 2.75) is 39.8 Å². The molecule has 9 nitrogen and oxygen atoms in total. The molecule has 5 aliphatic rings. The van der Waals surface area contributed by atoms with Crippen molar-refractivity contribution < 1.29 is 41.8 Å². The molecule has 1 amide bonds. The van der Waals surface area contributed by atoms with Crippen LogP contribution in [-0.4, -0.2) is 55.3 Å². The van der Waals surface area contributed by atoms with Crippen LogP contribution in [0.2, 0.25) is 0 Å². The molecule has 0 saturated heterocycles. The van der Waals surface area contributed by atoms with E-state index in [1.54, 1.807) is 0 Å². The molecule has 0 spiro atoms. The first-order chi connectivity index (χ1) is 17.4. The minimum absolute atomic E-state index is 0.0209. The van der Waals surface area contributed by atoms with Gasteiger partial charge in [0.1, 0.15) is 18.0 Å². The van der Waals surface area contributed by atoms with Crippen LogP contribution in [0, 0.1) is 41.4 Å². The zero-order valence-electron chi connectivity index (χ0n) is 20.8. The highest BCUT2D eigenvalue weighted by molar-refractivity contribution is 6.42. The Balaban J connectivity index is 1.49. The van der Waals surface area contributed by atoms with E-state index in [2.05, 4.69) is 46.6 Å². The number of alkyl halides is 3. The number of halogens is 3. The van der Waals surface area contributed by atoms with Gasteiger partial charge in [-0.05, 0) is 47.5 Å². The monoisotopic (exact) mass is 525 g/mol. The van der Waals surface area contributed by atoms with Crippen molar-refractivity contribution >= 4 is 29.3 Å². The van der Waals surface area contributed by atoms with Gasteiger partial charge in [-0.3, -0.25) is 19.8 Å². The summed E-state index contributed by atoms with van der Waals surface area (Å²) < 4.78 is 46.0. The molecule has 0 radical (unpaired) electrons. The Hall–Kier alpha value is -3.18. The number of ketones is 1. The average Bonchev–Trinajstić information content (AvgIpc) is 2.83. The van der Waals surface area contributed by atoms with E-state index in [9.17, 15) is 32.3 Å². The second-order valence-corrected chi connectivity index (χ2v) is 10.0. The molecule has 1 heterocycles. The fraction of sp³-hybridized carbons (Fsp3) is 0.640. The lowest BCUT2D eigenvalue weighted by Crippen LogP contribution is -2.62. The Labute approximate surface area is 211 Å². The predicted molar refractivity (Wildman–Crippen MR) is 123 cm³/mol. The molecule has 4 aliphatic carbocycles. The molecular formula is C25H30F3N3O6. The molecule has 0 aromatic carbocycles. The third-order valence-corrected chi connectivity index (χ3v) is 8.04. The van der Waals surface area contributed by atoms with Crippen LogP contribution in [0.1, 0.15) is 33.6 Å². The maximum Gasteiger partial charge on any atom is 0.490 e. The van der Waals surface area contributed by atoms with Crippen LogP contribution in [0.25, 0.3) is 0 Å². The number of hydrazone groups is 1. The van der Waals surface area contributed by atoms with Crippen molar-refractivity contribution in [3.8, 4) is 0 Å². The van der Waals surface area contributed by atoms with Gasteiger partial charge in [0.2, 0.25) is 0 Å². The molecule has 37 heavy (non-hydrogen) atoms. The summed E-state index contributed by atoms with van der Waals surface area (Å²) in [5.74, 6) is -2.56. The van der Waals surface area contributed by atoms with Crippen molar-refractivity contribution in [2.24, 2.45) is 46.5 Å². The minimum Gasteiger partial charge on any atom is -0.464 e. The minimum atomic E-state index is -5.08. The third kappa shape index (κ3) is 5.02. The van der Waals surface area contributed by atoms with E-state index in [4.69, 9.17) is 4.74 Å². The molecule has 2 bridgehead atoms. The van der Waals surface area contributed by atoms with Crippen molar-refractivity contribution in [2.75, 3.05) is 19.8 Å². The van der Waals surface area contributed by atoms with Crippen LogP contribution in [0.5, 0.6) is 0 Å². The molecule has 0 aromatic heterocycles. The highest BCUT2D eigenvalue weighted by atomic mass is 19.4. The number of carbonyl (C=O) groups excluding carboxylic acids is 4. The normalized spacial score (nSPS) is 31.3. The van der Waals surface area contributed by atoms with Crippen LogP contribution in [-0.2, 0) is 28.7 Å². The van der Waals surface area contributed by atoms with Crippen LogP contribution in [0.4, 0.5) is 13.2 Å². The summed E-state index contributed by atoms with van der Waals surface area (Å²) in [5, 5.41) is 6.96. The number of amides is 1. The first-order valence-corrected chi connectivity index (χ1v) is 12.4. The molecule has 2 fully saturated rings. The van der Waals surface area contributed by atoms with Gasteiger partial charge in [0.25, 0.3) is 5.91 Å². The second kappa shape index (κ2) is 10.3. The molecule has 7 atom stereocenters. The van der Waals surface area contributed by atoms with Gasteiger partial charge in [0.05, 0.1) is 13.2 Å². The van der Waals surface area contributed by atoms with Gasteiger partial charge in [-0.25, -0.2) is 4.79 Å². The smallest absolute Gasteiger partial charge is 0.464 e. The molecule has 1 aliphatic heterocycles. The number of rotatable bonds is 9. The summed E-state index contributed by atoms with van der Waals surface area (Å²) in [5.41, 5.74) is 4.09. The highest BCUT2D eigenvalue weighted by Gasteiger charge is 2.63. The Kier molecular flexibility index (Phi) is 7.48. The van der Waals surface area contributed by atoms with E-state index in [-0.39, 0.29) is 72.8 Å². The number of nitrogens with one attached hydrogen (secondary N) is 2. The number of Topliss-reactive ketones (excluding diaryl/α,β-unsaturated/α-hetero) is 1. The van der Waals surface area contributed by atoms with Gasteiger partial charge in [0.15, 0.2) is 5.78 Å². The highest BCUT2D eigenvalue weighted by Crippen LogP contribution is 2.65.